The number of benzene rings is 1. The third-order valence-corrected chi connectivity index (χ3v) is 4.86. The van der Waals surface area contributed by atoms with Gasteiger partial charge in [-0.05, 0) is 31.2 Å². The molecule has 0 aliphatic heterocycles. The summed E-state index contributed by atoms with van der Waals surface area (Å²) in [5.41, 5.74) is 5.95. The van der Waals surface area contributed by atoms with Gasteiger partial charge in [-0.3, -0.25) is 4.79 Å². The number of nitrogens with two attached hydrogens (primary N) is 1. The number of carbonyl (C=O) groups excluding carboxylic acids is 1. The number of hydrogen-bond acceptors (Lipinski definition) is 6. The van der Waals surface area contributed by atoms with Gasteiger partial charge in [0, 0.05) is 38.4 Å². The molecule has 1 amide bonds. The number of rotatable bonds is 9. The average molecular weight is 418 g/mol. The molecule has 150 valence electrons. The first kappa shape index (κ1) is 22.9. The predicted molar refractivity (Wildman–Crippen MR) is 105 cm³/mol. The first-order chi connectivity index (χ1) is 12.3. The highest BCUT2D eigenvalue weighted by Gasteiger charge is 2.18. The fourth-order valence-electron chi connectivity index (χ4n) is 2.06. The molecule has 0 spiro atoms. The molecule has 0 saturated heterocycles. The van der Waals surface area contributed by atoms with Crippen molar-refractivity contribution in [3.63, 3.8) is 0 Å². The van der Waals surface area contributed by atoms with E-state index in [9.17, 15) is 13.2 Å². The second-order valence-electron chi connectivity index (χ2n) is 5.59. The Kier molecular flexibility index (Phi) is 8.70. The largest absolute Gasteiger partial charge is 0.492 e. The minimum absolute atomic E-state index is 0. The van der Waals surface area contributed by atoms with E-state index in [1.54, 1.807) is 42.8 Å². The Morgan fingerprint density at radius 3 is 2.52 bits per heavy atom. The van der Waals surface area contributed by atoms with E-state index in [2.05, 4.69) is 15.0 Å². The Morgan fingerprint density at radius 1 is 1.30 bits per heavy atom. The summed E-state index contributed by atoms with van der Waals surface area (Å²) in [6.45, 7) is 2.52. The average Bonchev–Trinajstić information content (AvgIpc) is 2.94. The number of halogens is 1. The predicted octanol–water partition coefficient (Wildman–Crippen LogP) is 0.795. The molecule has 1 aromatic heterocycles. The van der Waals surface area contributed by atoms with Gasteiger partial charge in [-0.2, -0.15) is 0 Å². The van der Waals surface area contributed by atoms with Gasteiger partial charge in [-0.1, -0.05) is 0 Å². The number of nitrogens with one attached hydrogen (secondary N) is 2. The number of aryl methyl sites for hydroxylation is 2. The number of sulfonamides is 1. The van der Waals surface area contributed by atoms with Crippen LogP contribution in [0.15, 0.2) is 35.5 Å². The Bertz CT molecular complexity index is 833. The summed E-state index contributed by atoms with van der Waals surface area (Å²) in [7, 11) is -2.02. The van der Waals surface area contributed by atoms with Crippen LogP contribution in [0.5, 0.6) is 5.75 Å². The molecular formula is C16H24ClN5O4S. The van der Waals surface area contributed by atoms with E-state index in [0.717, 1.165) is 0 Å². The van der Waals surface area contributed by atoms with Crippen molar-refractivity contribution < 1.29 is 17.9 Å². The van der Waals surface area contributed by atoms with Crippen LogP contribution in [0.25, 0.3) is 0 Å². The zero-order valence-electron chi connectivity index (χ0n) is 15.1. The van der Waals surface area contributed by atoms with E-state index >= 15 is 0 Å². The van der Waals surface area contributed by atoms with Crippen molar-refractivity contribution in [1.82, 2.24) is 14.3 Å². The minimum atomic E-state index is -3.73. The number of ether oxygens (including phenoxy) is 1. The molecule has 1 aromatic carbocycles. The van der Waals surface area contributed by atoms with Crippen LogP contribution in [-0.4, -0.2) is 43.6 Å². The number of hydrogen-bond donors (Lipinski definition) is 3. The van der Waals surface area contributed by atoms with Crippen LogP contribution in [0.1, 0.15) is 12.2 Å². The summed E-state index contributed by atoms with van der Waals surface area (Å²) in [6.07, 6.45) is 1.42. The number of aromatic nitrogens is 2. The highest BCUT2D eigenvalue weighted by molar-refractivity contribution is 7.89. The minimum Gasteiger partial charge on any atom is -0.492 e. The van der Waals surface area contributed by atoms with E-state index in [1.165, 1.54) is 6.20 Å². The quantitative estimate of drug-likeness (QED) is 0.553. The van der Waals surface area contributed by atoms with Crippen molar-refractivity contribution in [3.8, 4) is 5.75 Å². The Hall–Kier alpha value is -2.14. The highest BCUT2D eigenvalue weighted by Crippen LogP contribution is 2.15. The molecule has 0 unspecified atom stereocenters. The smallest absolute Gasteiger partial charge is 0.259 e. The maximum atomic E-state index is 12.1. The first-order valence-electron chi connectivity index (χ1n) is 8.04. The van der Waals surface area contributed by atoms with Crippen molar-refractivity contribution in [2.75, 3.05) is 25.0 Å². The monoisotopic (exact) mass is 417 g/mol. The number of imidazole rings is 1. The van der Waals surface area contributed by atoms with Crippen molar-refractivity contribution in [3.05, 3.63) is 36.3 Å². The molecule has 0 atom stereocenters. The third kappa shape index (κ3) is 6.83. The highest BCUT2D eigenvalue weighted by atomic mass is 35.5. The van der Waals surface area contributed by atoms with Crippen molar-refractivity contribution in [1.29, 1.82) is 0 Å². The molecule has 0 fully saturated rings. The summed E-state index contributed by atoms with van der Waals surface area (Å²) in [5, 5.41) is 2.63. The molecule has 1 heterocycles. The van der Waals surface area contributed by atoms with E-state index in [-0.39, 0.29) is 36.3 Å². The summed E-state index contributed by atoms with van der Waals surface area (Å²) >= 11 is 0. The van der Waals surface area contributed by atoms with Crippen LogP contribution >= 0.6 is 12.4 Å². The lowest BCUT2D eigenvalue weighted by Crippen LogP contribution is -2.28. The van der Waals surface area contributed by atoms with E-state index < -0.39 is 10.0 Å². The number of amides is 1. The van der Waals surface area contributed by atoms with Gasteiger partial charge in [0.2, 0.25) is 5.91 Å². The molecule has 2 aromatic rings. The second kappa shape index (κ2) is 10.3. The van der Waals surface area contributed by atoms with E-state index in [1.807, 2.05) is 0 Å². The van der Waals surface area contributed by atoms with Crippen LogP contribution in [0.4, 0.5) is 5.69 Å². The number of nitrogens with zero attached hydrogens (tertiary/aromatic N) is 2. The maximum absolute atomic E-state index is 12.1. The van der Waals surface area contributed by atoms with Crippen molar-refractivity contribution >= 4 is 34.0 Å². The SMILES string of the molecule is Cc1nc(S(=O)(=O)NCCC(=O)Nc2ccc(OCCN)cc2)cn1C.Cl. The lowest BCUT2D eigenvalue weighted by molar-refractivity contribution is -0.116. The van der Waals surface area contributed by atoms with Crippen LogP contribution in [-0.2, 0) is 21.9 Å². The summed E-state index contributed by atoms with van der Waals surface area (Å²) < 4.78 is 33.6. The lowest BCUT2D eigenvalue weighted by atomic mass is 10.3. The maximum Gasteiger partial charge on any atom is 0.259 e. The number of carbonyl (C=O) groups is 1. The standard InChI is InChI=1S/C16H23N5O4S.ClH/c1-12-19-16(11-21(12)2)26(23,24)18-9-7-15(22)20-13-3-5-14(6-4-13)25-10-8-17;/h3-6,11,18H,7-10,17H2,1-2H3,(H,20,22);1H. The first-order valence-corrected chi connectivity index (χ1v) is 9.52. The number of anilines is 1. The third-order valence-electron chi connectivity index (χ3n) is 3.53. The Balaban J connectivity index is 0.00000364. The molecular weight excluding hydrogens is 394 g/mol. The van der Waals surface area contributed by atoms with E-state index in [0.29, 0.717) is 30.4 Å². The Labute approximate surface area is 164 Å². The molecule has 0 saturated carbocycles. The molecule has 4 N–H and O–H groups in total. The van der Waals surface area contributed by atoms with Gasteiger partial charge in [0.05, 0.1) is 0 Å². The van der Waals surface area contributed by atoms with Gasteiger partial charge in [-0.15, -0.1) is 12.4 Å². The molecule has 0 bridgehead atoms. The molecule has 27 heavy (non-hydrogen) atoms. The van der Waals surface area contributed by atoms with Crippen LogP contribution < -0.4 is 20.5 Å². The lowest BCUT2D eigenvalue weighted by Gasteiger charge is -2.08. The van der Waals surface area contributed by atoms with Gasteiger partial charge in [-0.25, -0.2) is 18.1 Å². The zero-order chi connectivity index (χ0) is 19.2. The molecule has 9 nitrogen and oxygen atoms in total. The second-order valence-corrected chi connectivity index (χ2v) is 7.31. The summed E-state index contributed by atoms with van der Waals surface area (Å²) in [5.74, 6) is 0.939. The molecule has 0 aliphatic carbocycles. The fourth-order valence-corrected chi connectivity index (χ4v) is 3.13. The zero-order valence-corrected chi connectivity index (χ0v) is 16.8. The van der Waals surface area contributed by atoms with Gasteiger partial charge < -0.3 is 20.4 Å². The Morgan fingerprint density at radius 2 is 1.96 bits per heavy atom. The molecule has 2 rings (SSSR count). The van der Waals surface area contributed by atoms with Crippen molar-refractivity contribution in [2.24, 2.45) is 12.8 Å². The fraction of sp³-hybridized carbons (Fsp3) is 0.375. The molecule has 0 aliphatic rings. The van der Waals surface area contributed by atoms with E-state index in [4.69, 9.17) is 10.5 Å². The topological polar surface area (TPSA) is 128 Å². The molecule has 11 heteroatoms. The van der Waals surface area contributed by atoms with Gasteiger partial charge in [0.15, 0.2) is 5.03 Å². The van der Waals surface area contributed by atoms with Crippen molar-refractivity contribution in [2.45, 2.75) is 18.4 Å². The summed E-state index contributed by atoms with van der Waals surface area (Å²) in [4.78, 5) is 15.9. The normalized spacial score (nSPS) is 10.9. The molecule has 0 radical (unpaired) electrons. The summed E-state index contributed by atoms with van der Waals surface area (Å²) in [6, 6.07) is 6.84. The van der Waals surface area contributed by atoms with Gasteiger partial charge >= 0.3 is 0 Å². The van der Waals surface area contributed by atoms with Crippen LogP contribution in [0.3, 0.4) is 0 Å². The van der Waals surface area contributed by atoms with Gasteiger partial charge in [0.25, 0.3) is 10.0 Å². The van der Waals surface area contributed by atoms with Crippen LogP contribution in [0, 0.1) is 6.92 Å². The van der Waals surface area contributed by atoms with Crippen LogP contribution in [0.2, 0.25) is 0 Å². The van der Waals surface area contributed by atoms with Gasteiger partial charge in [0.1, 0.15) is 18.2 Å².